The molecule has 136 valence electrons. The molecule has 1 aliphatic heterocycles. The molecule has 3 rings (SSSR count). The summed E-state index contributed by atoms with van der Waals surface area (Å²) in [6.45, 7) is 2.02. The topological polar surface area (TPSA) is 77.8 Å². The third-order valence-electron chi connectivity index (χ3n) is 5.37. The molecule has 2 unspecified atom stereocenters. The zero-order valence-corrected chi connectivity index (χ0v) is 14.4. The maximum atomic E-state index is 13.3. The minimum atomic E-state index is -1.67. The summed E-state index contributed by atoms with van der Waals surface area (Å²) in [5.74, 6) is -2.89. The van der Waals surface area contributed by atoms with Gasteiger partial charge in [0.15, 0.2) is 0 Å². The Morgan fingerprint density at radius 3 is 2.15 bits per heavy atom. The average Bonchev–Trinajstić information content (AvgIpc) is 2.91. The molecule has 0 amide bonds. The molecule has 5 nitrogen and oxygen atoms in total. The minimum absolute atomic E-state index is 0.0334. The highest BCUT2D eigenvalue weighted by Gasteiger charge is 2.65. The second-order valence-electron chi connectivity index (χ2n) is 6.99. The zero-order chi connectivity index (χ0) is 18.9. The van der Waals surface area contributed by atoms with Gasteiger partial charge in [-0.25, -0.2) is 4.39 Å². The third-order valence-corrected chi connectivity index (χ3v) is 5.37. The van der Waals surface area contributed by atoms with Crippen molar-refractivity contribution >= 4 is 11.9 Å². The van der Waals surface area contributed by atoms with Gasteiger partial charge in [0.25, 0.3) is 0 Å². The monoisotopic (exact) mass is 357 g/mol. The SMILES string of the molecule is CC1(C(=O)O)CN(Cc2ccccc2)CC1(C(=O)O)c1ccc(F)cc1. The predicted molar refractivity (Wildman–Crippen MR) is 93.2 cm³/mol. The van der Waals surface area contributed by atoms with Crippen LogP contribution < -0.4 is 0 Å². The van der Waals surface area contributed by atoms with E-state index in [0.717, 1.165) is 5.56 Å². The van der Waals surface area contributed by atoms with E-state index in [4.69, 9.17) is 0 Å². The van der Waals surface area contributed by atoms with Crippen molar-refractivity contribution in [1.29, 1.82) is 0 Å². The average molecular weight is 357 g/mol. The summed E-state index contributed by atoms with van der Waals surface area (Å²) in [6, 6.07) is 14.6. The van der Waals surface area contributed by atoms with Gasteiger partial charge in [0.1, 0.15) is 11.2 Å². The molecule has 0 aromatic heterocycles. The second-order valence-corrected chi connectivity index (χ2v) is 6.99. The van der Waals surface area contributed by atoms with Gasteiger partial charge >= 0.3 is 11.9 Å². The number of halogens is 1. The van der Waals surface area contributed by atoms with Crippen LogP contribution in [0, 0.1) is 11.2 Å². The van der Waals surface area contributed by atoms with Gasteiger partial charge in [0, 0.05) is 19.6 Å². The normalized spacial score (nSPS) is 25.9. The highest BCUT2D eigenvalue weighted by molar-refractivity contribution is 5.92. The first-order chi connectivity index (χ1) is 12.3. The molecule has 2 N–H and O–H groups in total. The quantitative estimate of drug-likeness (QED) is 0.860. The van der Waals surface area contributed by atoms with Gasteiger partial charge in [-0.05, 0) is 30.2 Å². The number of carboxylic acids is 2. The van der Waals surface area contributed by atoms with E-state index < -0.39 is 28.6 Å². The van der Waals surface area contributed by atoms with Gasteiger partial charge in [0.2, 0.25) is 0 Å². The largest absolute Gasteiger partial charge is 0.481 e. The molecule has 1 saturated heterocycles. The van der Waals surface area contributed by atoms with E-state index in [1.165, 1.54) is 31.2 Å². The van der Waals surface area contributed by atoms with Gasteiger partial charge in [-0.3, -0.25) is 14.5 Å². The lowest BCUT2D eigenvalue weighted by atomic mass is 9.63. The van der Waals surface area contributed by atoms with Crippen molar-refractivity contribution in [3.05, 3.63) is 71.5 Å². The molecule has 0 saturated carbocycles. The summed E-state index contributed by atoms with van der Waals surface area (Å²) in [7, 11) is 0. The van der Waals surface area contributed by atoms with E-state index in [1.54, 1.807) is 0 Å². The van der Waals surface area contributed by atoms with Gasteiger partial charge in [0.05, 0.1) is 5.41 Å². The molecule has 2 atom stereocenters. The number of hydrogen-bond acceptors (Lipinski definition) is 3. The Labute approximate surface area is 150 Å². The van der Waals surface area contributed by atoms with Crippen molar-refractivity contribution in [2.45, 2.75) is 18.9 Å². The number of nitrogens with zero attached hydrogens (tertiary/aromatic N) is 1. The molecule has 2 aromatic rings. The molecule has 0 bridgehead atoms. The maximum absolute atomic E-state index is 13.3. The van der Waals surface area contributed by atoms with E-state index in [2.05, 4.69) is 0 Å². The molecule has 1 heterocycles. The second kappa shape index (κ2) is 6.53. The number of carbonyl (C=O) groups is 2. The van der Waals surface area contributed by atoms with Crippen LogP contribution in [0.25, 0.3) is 0 Å². The maximum Gasteiger partial charge on any atom is 0.316 e. The standard InChI is InChI=1S/C20H20FNO4/c1-19(17(23)24)12-22(11-14-5-3-2-4-6-14)13-20(19,18(25)26)15-7-9-16(21)10-8-15/h2-10H,11-13H2,1H3,(H,23,24)(H,25,26). The van der Waals surface area contributed by atoms with Crippen molar-refractivity contribution in [3.63, 3.8) is 0 Å². The Bertz CT molecular complexity index is 823. The molecule has 0 radical (unpaired) electrons. The molecule has 0 aliphatic carbocycles. The summed E-state index contributed by atoms with van der Waals surface area (Å²) >= 11 is 0. The van der Waals surface area contributed by atoms with Crippen molar-refractivity contribution in [1.82, 2.24) is 4.90 Å². The molecule has 2 aromatic carbocycles. The smallest absolute Gasteiger partial charge is 0.316 e. The number of rotatable bonds is 5. The Kier molecular flexibility index (Phi) is 4.54. The van der Waals surface area contributed by atoms with Gasteiger partial charge in [-0.1, -0.05) is 42.5 Å². The number of aliphatic carboxylic acids is 2. The van der Waals surface area contributed by atoms with Crippen molar-refractivity contribution < 1.29 is 24.2 Å². The first-order valence-electron chi connectivity index (χ1n) is 8.29. The zero-order valence-electron chi connectivity index (χ0n) is 14.4. The Morgan fingerprint density at radius 1 is 1.00 bits per heavy atom. The van der Waals surface area contributed by atoms with E-state index in [0.29, 0.717) is 12.1 Å². The lowest BCUT2D eigenvalue weighted by molar-refractivity contribution is -0.160. The highest BCUT2D eigenvalue weighted by atomic mass is 19.1. The molecule has 1 fully saturated rings. The van der Waals surface area contributed by atoms with Crippen molar-refractivity contribution in [3.8, 4) is 0 Å². The summed E-state index contributed by atoms with van der Waals surface area (Å²) in [5, 5.41) is 20.0. The van der Waals surface area contributed by atoms with Crippen LogP contribution in [0.5, 0.6) is 0 Å². The fourth-order valence-corrected chi connectivity index (χ4v) is 3.92. The van der Waals surface area contributed by atoms with Crippen LogP contribution >= 0.6 is 0 Å². The minimum Gasteiger partial charge on any atom is -0.481 e. The predicted octanol–water partition coefficient (Wildman–Crippen LogP) is 2.75. The Morgan fingerprint density at radius 2 is 1.62 bits per heavy atom. The summed E-state index contributed by atoms with van der Waals surface area (Å²) in [6.07, 6.45) is 0. The fourth-order valence-electron chi connectivity index (χ4n) is 3.92. The van der Waals surface area contributed by atoms with E-state index in [-0.39, 0.29) is 13.1 Å². The number of benzene rings is 2. The van der Waals surface area contributed by atoms with Gasteiger partial charge in [-0.2, -0.15) is 0 Å². The van der Waals surface area contributed by atoms with Crippen molar-refractivity contribution in [2.75, 3.05) is 13.1 Å². The summed E-state index contributed by atoms with van der Waals surface area (Å²) in [5.41, 5.74) is -1.94. The molecule has 1 aliphatic rings. The third kappa shape index (κ3) is 2.76. The first kappa shape index (κ1) is 18.1. The van der Waals surface area contributed by atoms with Gasteiger partial charge in [-0.15, -0.1) is 0 Å². The summed E-state index contributed by atoms with van der Waals surface area (Å²) in [4.78, 5) is 26.3. The van der Waals surface area contributed by atoms with E-state index >= 15 is 0 Å². The number of likely N-dealkylation sites (tertiary alicyclic amines) is 1. The molecule has 26 heavy (non-hydrogen) atoms. The van der Waals surface area contributed by atoms with Crippen LogP contribution in [0.15, 0.2) is 54.6 Å². The number of carboxylic acid groups (broad SMARTS) is 2. The van der Waals surface area contributed by atoms with Crippen LogP contribution in [0.1, 0.15) is 18.1 Å². The highest BCUT2D eigenvalue weighted by Crippen LogP contribution is 2.49. The van der Waals surface area contributed by atoms with Crippen LogP contribution in [0.2, 0.25) is 0 Å². The lowest BCUT2D eigenvalue weighted by Gasteiger charge is -2.36. The van der Waals surface area contributed by atoms with Crippen molar-refractivity contribution in [2.24, 2.45) is 5.41 Å². The van der Waals surface area contributed by atoms with E-state index in [9.17, 15) is 24.2 Å². The van der Waals surface area contributed by atoms with E-state index in [1.807, 2.05) is 35.2 Å². The van der Waals surface area contributed by atoms with Crippen LogP contribution in [0.3, 0.4) is 0 Å². The first-order valence-corrected chi connectivity index (χ1v) is 8.29. The molecule has 0 spiro atoms. The molecule has 6 heteroatoms. The summed E-state index contributed by atoms with van der Waals surface area (Å²) < 4.78 is 13.3. The van der Waals surface area contributed by atoms with Crippen LogP contribution in [-0.4, -0.2) is 40.1 Å². The molecular formula is C20H20FNO4. The Balaban J connectivity index is 2.06. The van der Waals surface area contributed by atoms with Crippen LogP contribution in [-0.2, 0) is 21.5 Å². The lowest BCUT2D eigenvalue weighted by Crippen LogP contribution is -2.53. The van der Waals surface area contributed by atoms with Crippen LogP contribution in [0.4, 0.5) is 4.39 Å². The number of hydrogen-bond donors (Lipinski definition) is 2. The fraction of sp³-hybridized carbons (Fsp3) is 0.300. The van der Waals surface area contributed by atoms with Gasteiger partial charge < -0.3 is 10.2 Å². The molecular weight excluding hydrogens is 337 g/mol. The Hall–Kier alpha value is -2.73.